The number of nitrogens with two attached hydrogens (primary N) is 2. The Morgan fingerprint density at radius 3 is 1.71 bits per heavy atom. The minimum Gasteiger partial charge on any atom is -0.696 e. The van der Waals surface area contributed by atoms with E-state index in [2.05, 4.69) is 36.3 Å². The van der Waals surface area contributed by atoms with Gasteiger partial charge in [-0.15, -0.1) is 0 Å². The summed E-state index contributed by atoms with van der Waals surface area (Å²) < 4.78 is 0. The maximum Gasteiger partial charge on any atom is 0.160 e. The van der Waals surface area contributed by atoms with Gasteiger partial charge in [-0.25, -0.2) is 5.26 Å². The molecule has 0 aromatic rings. The van der Waals surface area contributed by atoms with E-state index in [9.17, 15) is 0 Å². The molecule has 0 spiro atoms. The normalized spacial score (nSPS) is 4.43. The smallest absolute Gasteiger partial charge is 0.160 e. The first-order valence-electron chi connectivity index (χ1n) is 1.21. The standard InChI is InChI=1S/CH4N2S.CHNS/c2-1(3)4;2-1-3/h(H4,2,3,4);3H/p-1. The van der Waals surface area contributed by atoms with Crippen molar-refractivity contribution in [2.75, 3.05) is 0 Å². The van der Waals surface area contributed by atoms with Crippen molar-refractivity contribution in [1.82, 2.24) is 0 Å². The summed E-state index contributed by atoms with van der Waals surface area (Å²) >= 11 is 7.79. The van der Waals surface area contributed by atoms with Crippen molar-refractivity contribution < 1.29 is 0 Å². The summed E-state index contributed by atoms with van der Waals surface area (Å²) in [6.45, 7) is 0. The Morgan fingerprint density at radius 1 is 1.71 bits per heavy atom. The van der Waals surface area contributed by atoms with E-state index >= 15 is 0 Å². The number of nitriles is 1. The van der Waals surface area contributed by atoms with Gasteiger partial charge in [0.2, 0.25) is 0 Å². The number of thiocyanates is 1. The molecular formula is C2H4N3S2-. The lowest BCUT2D eigenvalue weighted by atomic mass is 11.3. The van der Waals surface area contributed by atoms with Crippen molar-refractivity contribution in [2.24, 2.45) is 11.5 Å². The van der Waals surface area contributed by atoms with Crippen molar-refractivity contribution in [3.8, 4) is 5.40 Å². The molecule has 0 saturated heterocycles. The molecule has 5 heteroatoms. The molecular weight excluding hydrogens is 130 g/mol. The zero-order valence-corrected chi connectivity index (χ0v) is 5.05. The van der Waals surface area contributed by atoms with E-state index in [1.807, 2.05) is 0 Å². The highest BCUT2D eigenvalue weighted by molar-refractivity contribution is 7.80. The second-order valence-electron chi connectivity index (χ2n) is 0.494. The predicted octanol–water partition coefficient (Wildman–Crippen LogP) is -0.797. The Morgan fingerprint density at radius 2 is 1.71 bits per heavy atom. The topological polar surface area (TPSA) is 75.8 Å². The lowest BCUT2D eigenvalue weighted by Gasteiger charge is -1.68. The fourth-order valence-corrected chi connectivity index (χ4v) is 0. The molecule has 0 bridgehead atoms. The van der Waals surface area contributed by atoms with Crippen LogP contribution in [0.2, 0.25) is 0 Å². The quantitative estimate of drug-likeness (QED) is 0.258. The van der Waals surface area contributed by atoms with E-state index in [0.717, 1.165) is 0 Å². The van der Waals surface area contributed by atoms with Crippen LogP contribution in [0.3, 0.4) is 0 Å². The van der Waals surface area contributed by atoms with Gasteiger partial charge in [0.1, 0.15) is 0 Å². The molecule has 0 amide bonds. The highest BCUT2D eigenvalue weighted by Crippen LogP contribution is 1.32. The molecule has 40 valence electrons. The van der Waals surface area contributed by atoms with Crippen LogP contribution < -0.4 is 11.5 Å². The highest BCUT2D eigenvalue weighted by Gasteiger charge is 1.53. The Hall–Kier alpha value is -0.600. The summed E-state index contributed by atoms with van der Waals surface area (Å²) in [5.74, 6) is 0. The fraction of sp³-hybridized carbons (Fsp3) is 0. The van der Waals surface area contributed by atoms with Gasteiger partial charge in [0.25, 0.3) is 0 Å². The van der Waals surface area contributed by atoms with E-state index < -0.39 is 0 Å². The fourth-order valence-electron chi connectivity index (χ4n) is 0. The minimum absolute atomic E-state index is 0.000000000000000222. The molecule has 0 unspecified atom stereocenters. The summed E-state index contributed by atoms with van der Waals surface area (Å²) in [6.07, 6.45) is 0. The van der Waals surface area contributed by atoms with Crippen LogP contribution in [0, 0.1) is 10.7 Å². The summed E-state index contributed by atoms with van der Waals surface area (Å²) in [4.78, 5) is 0. The molecule has 4 N–H and O–H groups in total. The lowest BCUT2D eigenvalue weighted by molar-refractivity contribution is 1.57. The number of thiocarbonyl (C=S) groups is 1. The number of hydrogen-bond acceptors (Lipinski definition) is 3. The minimum atomic E-state index is 0.000000000000000222. The Labute approximate surface area is 52.7 Å². The zero-order valence-electron chi connectivity index (χ0n) is 3.42. The van der Waals surface area contributed by atoms with Crippen molar-refractivity contribution in [1.29, 1.82) is 5.26 Å². The van der Waals surface area contributed by atoms with Crippen LogP contribution in [-0.4, -0.2) is 5.11 Å². The summed E-state index contributed by atoms with van der Waals surface area (Å²) in [5.41, 5.74) is 9.24. The second-order valence-corrected chi connectivity index (χ2v) is 1.15. The van der Waals surface area contributed by atoms with Crippen LogP contribution in [0.5, 0.6) is 0 Å². The molecule has 0 rings (SSSR count). The molecule has 0 radical (unpaired) electrons. The SMILES string of the molecule is N#C[S-].NC(N)=S. The van der Waals surface area contributed by atoms with Crippen LogP contribution in [0.25, 0.3) is 0 Å². The Kier molecular flexibility index (Phi) is 12.5. The number of hydrogen-bond donors (Lipinski definition) is 2. The molecule has 0 fully saturated rings. The first kappa shape index (κ1) is 9.64. The van der Waals surface area contributed by atoms with E-state index in [1.165, 1.54) is 5.40 Å². The molecule has 0 atom stereocenters. The molecule has 3 nitrogen and oxygen atoms in total. The molecule has 0 aromatic heterocycles. The van der Waals surface area contributed by atoms with Crippen molar-refractivity contribution in [3.63, 3.8) is 0 Å². The Bertz CT molecular complexity index is 79.4. The third-order valence-corrected chi connectivity index (χ3v) is 0. The van der Waals surface area contributed by atoms with Gasteiger partial charge in [-0.2, -0.15) is 0 Å². The number of rotatable bonds is 0. The van der Waals surface area contributed by atoms with Crippen LogP contribution in [-0.2, 0) is 12.6 Å². The second kappa shape index (κ2) is 9.04. The molecule has 7 heavy (non-hydrogen) atoms. The molecule has 0 aliphatic carbocycles. The molecule has 0 aliphatic rings. The molecule has 0 saturated carbocycles. The average Bonchev–Trinajstić information content (AvgIpc) is 1.33. The molecule has 0 heterocycles. The monoisotopic (exact) mass is 134 g/mol. The van der Waals surface area contributed by atoms with Crippen molar-refractivity contribution >= 4 is 30.0 Å². The average molecular weight is 134 g/mol. The van der Waals surface area contributed by atoms with E-state index in [1.54, 1.807) is 0 Å². The maximum atomic E-state index is 7.13. The van der Waals surface area contributed by atoms with Crippen molar-refractivity contribution in [3.05, 3.63) is 0 Å². The lowest BCUT2D eigenvalue weighted by Crippen LogP contribution is -2.18. The van der Waals surface area contributed by atoms with Gasteiger partial charge in [0, 0.05) is 0 Å². The summed E-state index contributed by atoms with van der Waals surface area (Å²) in [7, 11) is 0. The zero-order chi connectivity index (χ0) is 6.28. The van der Waals surface area contributed by atoms with Gasteiger partial charge in [-0.1, -0.05) is 5.40 Å². The third kappa shape index (κ3) is 173. The number of nitrogens with zero attached hydrogens (tertiary/aromatic N) is 1. The highest BCUT2D eigenvalue weighted by atomic mass is 32.1. The van der Waals surface area contributed by atoms with Crippen LogP contribution >= 0.6 is 12.2 Å². The first-order chi connectivity index (χ1) is 3.15. The van der Waals surface area contributed by atoms with Crippen molar-refractivity contribution in [2.45, 2.75) is 0 Å². The molecule has 0 aliphatic heterocycles. The van der Waals surface area contributed by atoms with Gasteiger partial charge in [-0.3, -0.25) is 0 Å². The van der Waals surface area contributed by atoms with Crippen LogP contribution in [0.15, 0.2) is 0 Å². The maximum absolute atomic E-state index is 7.13. The van der Waals surface area contributed by atoms with E-state index in [0.29, 0.717) is 0 Å². The van der Waals surface area contributed by atoms with Crippen LogP contribution in [0.4, 0.5) is 0 Å². The van der Waals surface area contributed by atoms with E-state index in [-0.39, 0.29) is 5.11 Å². The largest absolute Gasteiger partial charge is 0.696 e. The predicted molar refractivity (Wildman–Crippen MR) is 34.0 cm³/mol. The van der Waals surface area contributed by atoms with Crippen LogP contribution in [0.1, 0.15) is 0 Å². The van der Waals surface area contributed by atoms with Gasteiger partial charge in [0.15, 0.2) is 5.11 Å². The first-order valence-corrected chi connectivity index (χ1v) is 2.03. The van der Waals surface area contributed by atoms with Gasteiger partial charge in [0.05, 0.1) is 0 Å². The Balaban J connectivity index is 0. The van der Waals surface area contributed by atoms with E-state index in [4.69, 9.17) is 5.26 Å². The summed E-state index contributed by atoms with van der Waals surface area (Å²) in [5, 5.41) is 8.47. The van der Waals surface area contributed by atoms with Gasteiger partial charge >= 0.3 is 0 Å². The van der Waals surface area contributed by atoms with Gasteiger partial charge in [-0.05, 0) is 12.2 Å². The molecule has 0 aromatic carbocycles. The third-order valence-electron chi connectivity index (χ3n) is 0. The van der Waals surface area contributed by atoms with Gasteiger partial charge < -0.3 is 24.1 Å². The summed E-state index contributed by atoms with van der Waals surface area (Å²) in [6, 6.07) is 0.